The van der Waals surface area contributed by atoms with E-state index in [1.54, 1.807) is 42.9 Å². The minimum Gasteiger partial charge on any atom is -0.322 e. The van der Waals surface area contributed by atoms with Crippen molar-refractivity contribution >= 4 is 17.4 Å². The van der Waals surface area contributed by atoms with Gasteiger partial charge in [-0.2, -0.15) is 5.10 Å². The molecule has 1 amide bonds. The van der Waals surface area contributed by atoms with Gasteiger partial charge in [0.2, 0.25) is 0 Å². The maximum absolute atomic E-state index is 12.3. The van der Waals surface area contributed by atoms with Crippen molar-refractivity contribution in [3.63, 3.8) is 0 Å². The van der Waals surface area contributed by atoms with Gasteiger partial charge in [0, 0.05) is 24.0 Å². The van der Waals surface area contributed by atoms with Crippen molar-refractivity contribution in [1.29, 1.82) is 0 Å². The van der Waals surface area contributed by atoms with E-state index in [4.69, 9.17) is 0 Å². The Balaban J connectivity index is 2.21. The van der Waals surface area contributed by atoms with Crippen molar-refractivity contribution < 1.29 is 9.59 Å². The normalized spacial score (nSPS) is 10.4. The van der Waals surface area contributed by atoms with Crippen LogP contribution in [0.5, 0.6) is 0 Å². The number of hydrogen-bond acceptors (Lipinski definition) is 3. The summed E-state index contributed by atoms with van der Waals surface area (Å²) < 4.78 is 1.68. The molecule has 1 aromatic heterocycles. The molecule has 1 aromatic carbocycles. The first-order valence-electron chi connectivity index (χ1n) is 6.32. The van der Waals surface area contributed by atoms with Gasteiger partial charge in [0.15, 0.2) is 5.78 Å². The molecule has 0 unspecified atom stereocenters. The number of amides is 1. The molecule has 0 saturated carbocycles. The third kappa shape index (κ3) is 2.61. The first-order chi connectivity index (χ1) is 9.40. The number of carbonyl (C=O) groups is 2. The van der Waals surface area contributed by atoms with Gasteiger partial charge in [-0.15, -0.1) is 0 Å². The molecule has 2 rings (SSSR count). The lowest BCUT2D eigenvalue weighted by atomic mass is 10.1. The lowest BCUT2D eigenvalue weighted by Gasteiger charge is -2.06. The summed E-state index contributed by atoms with van der Waals surface area (Å²) in [6.45, 7) is 5.17. The highest BCUT2D eigenvalue weighted by Gasteiger charge is 2.17. The average Bonchev–Trinajstić information content (AvgIpc) is 2.63. The van der Waals surface area contributed by atoms with Crippen LogP contribution in [0.4, 0.5) is 5.69 Å². The van der Waals surface area contributed by atoms with Gasteiger partial charge in [-0.3, -0.25) is 14.3 Å². The number of benzene rings is 1. The highest BCUT2D eigenvalue weighted by molar-refractivity contribution is 6.06. The molecule has 0 bridgehead atoms. The number of nitrogens with zero attached hydrogens (tertiary/aromatic N) is 2. The van der Waals surface area contributed by atoms with Crippen molar-refractivity contribution in [2.75, 3.05) is 5.32 Å². The predicted octanol–water partition coefficient (Wildman–Crippen LogP) is 2.49. The number of aromatic nitrogens is 2. The van der Waals surface area contributed by atoms with Crippen LogP contribution in [0.3, 0.4) is 0 Å². The predicted molar refractivity (Wildman–Crippen MR) is 77.1 cm³/mol. The van der Waals surface area contributed by atoms with Crippen molar-refractivity contribution in [3.8, 4) is 0 Å². The molecule has 0 saturated heterocycles. The highest BCUT2D eigenvalue weighted by atomic mass is 16.1. The van der Waals surface area contributed by atoms with E-state index in [0.717, 1.165) is 5.69 Å². The van der Waals surface area contributed by atoms with E-state index in [-0.39, 0.29) is 11.7 Å². The van der Waals surface area contributed by atoms with Crippen LogP contribution in [0.15, 0.2) is 24.3 Å². The summed E-state index contributed by atoms with van der Waals surface area (Å²) in [7, 11) is 1.81. The molecule has 0 aliphatic heterocycles. The summed E-state index contributed by atoms with van der Waals surface area (Å²) in [6.07, 6.45) is 0. The largest absolute Gasteiger partial charge is 0.322 e. The third-order valence-electron chi connectivity index (χ3n) is 3.29. The Hall–Kier alpha value is -2.43. The molecule has 20 heavy (non-hydrogen) atoms. The van der Waals surface area contributed by atoms with Gasteiger partial charge >= 0.3 is 0 Å². The fraction of sp³-hybridized carbons (Fsp3) is 0.267. The van der Waals surface area contributed by atoms with Crippen LogP contribution < -0.4 is 5.32 Å². The van der Waals surface area contributed by atoms with E-state index >= 15 is 0 Å². The molecule has 0 aliphatic carbocycles. The summed E-state index contributed by atoms with van der Waals surface area (Å²) in [5.41, 5.74) is 3.38. The van der Waals surface area contributed by atoms with E-state index in [2.05, 4.69) is 10.4 Å². The summed E-state index contributed by atoms with van der Waals surface area (Å²) in [4.78, 5) is 23.5. The van der Waals surface area contributed by atoms with E-state index in [1.807, 2.05) is 6.92 Å². The lowest BCUT2D eigenvalue weighted by Crippen LogP contribution is -2.14. The molecule has 0 atom stereocenters. The Morgan fingerprint density at radius 2 is 1.75 bits per heavy atom. The Bertz CT molecular complexity index is 669. The number of nitrogens with one attached hydrogen (secondary N) is 1. The van der Waals surface area contributed by atoms with Crippen molar-refractivity contribution in [1.82, 2.24) is 9.78 Å². The second-order valence-corrected chi connectivity index (χ2v) is 4.76. The number of ketones is 1. The molecule has 5 nitrogen and oxygen atoms in total. The highest BCUT2D eigenvalue weighted by Crippen LogP contribution is 2.16. The van der Waals surface area contributed by atoms with Crippen LogP contribution in [0, 0.1) is 13.8 Å². The average molecular weight is 271 g/mol. The number of anilines is 1. The van der Waals surface area contributed by atoms with Gasteiger partial charge in [0.25, 0.3) is 5.91 Å². The van der Waals surface area contributed by atoms with Gasteiger partial charge in [0.05, 0.1) is 11.3 Å². The maximum atomic E-state index is 12.3. The van der Waals surface area contributed by atoms with Crippen LogP contribution in [-0.4, -0.2) is 21.5 Å². The Kier molecular flexibility index (Phi) is 3.70. The molecule has 0 aliphatic rings. The first kappa shape index (κ1) is 14.0. The second kappa shape index (κ2) is 5.28. The smallest absolute Gasteiger partial charge is 0.259 e. The molecule has 1 N–H and O–H groups in total. The standard InChI is InChI=1S/C15H17N3O2/c1-9-14(10(2)18(4)17-9)15(20)16-13-7-5-12(6-8-13)11(3)19/h5-8H,1-4H3,(H,16,20). The van der Waals surface area contributed by atoms with Crippen LogP contribution >= 0.6 is 0 Å². The molecule has 1 heterocycles. The van der Waals surface area contributed by atoms with Gasteiger partial charge in [0.1, 0.15) is 0 Å². The number of carbonyl (C=O) groups excluding carboxylic acids is 2. The fourth-order valence-corrected chi connectivity index (χ4v) is 2.08. The van der Waals surface area contributed by atoms with Crippen molar-refractivity contribution in [2.45, 2.75) is 20.8 Å². The lowest BCUT2D eigenvalue weighted by molar-refractivity contribution is 0.101. The van der Waals surface area contributed by atoms with E-state index in [9.17, 15) is 9.59 Å². The van der Waals surface area contributed by atoms with E-state index in [0.29, 0.717) is 22.5 Å². The number of hydrogen-bond donors (Lipinski definition) is 1. The molecule has 104 valence electrons. The van der Waals surface area contributed by atoms with Gasteiger partial charge < -0.3 is 5.32 Å². The van der Waals surface area contributed by atoms with Gasteiger partial charge in [-0.05, 0) is 45.0 Å². The van der Waals surface area contributed by atoms with Crippen LogP contribution in [0.2, 0.25) is 0 Å². The zero-order valence-electron chi connectivity index (χ0n) is 12.0. The quantitative estimate of drug-likeness (QED) is 0.872. The van der Waals surface area contributed by atoms with E-state index in [1.165, 1.54) is 6.92 Å². The zero-order valence-corrected chi connectivity index (χ0v) is 12.0. The van der Waals surface area contributed by atoms with Crippen molar-refractivity contribution in [3.05, 3.63) is 46.8 Å². The first-order valence-corrected chi connectivity index (χ1v) is 6.32. The number of rotatable bonds is 3. The van der Waals surface area contributed by atoms with Crippen LogP contribution in [-0.2, 0) is 7.05 Å². The van der Waals surface area contributed by atoms with Crippen LogP contribution in [0.25, 0.3) is 0 Å². The topological polar surface area (TPSA) is 64.0 Å². The van der Waals surface area contributed by atoms with Gasteiger partial charge in [-0.25, -0.2) is 0 Å². The third-order valence-corrected chi connectivity index (χ3v) is 3.29. The molecule has 2 aromatic rings. The Morgan fingerprint density at radius 3 is 2.20 bits per heavy atom. The molecule has 0 radical (unpaired) electrons. The van der Waals surface area contributed by atoms with E-state index < -0.39 is 0 Å². The summed E-state index contributed by atoms with van der Waals surface area (Å²) in [5.74, 6) is -0.189. The summed E-state index contributed by atoms with van der Waals surface area (Å²) in [5, 5.41) is 7.04. The van der Waals surface area contributed by atoms with Crippen molar-refractivity contribution in [2.24, 2.45) is 7.05 Å². The zero-order chi connectivity index (χ0) is 14.9. The van der Waals surface area contributed by atoms with Crippen LogP contribution in [0.1, 0.15) is 39.0 Å². The number of Topliss-reactive ketones (excluding diaryl/α,β-unsaturated/α-hetero) is 1. The molecular formula is C15H17N3O2. The maximum Gasteiger partial charge on any atom is 0.259 e. The number of aryl methyl sites for hydroxylation is 2. The molecule has 0 spiro atoms. The second-order valence-electron chi connectivity index (χ2n) is 4.76. The fourth-order valence-electron chi connectivity index (χ4n) is 2.08. The monoisotopic (exact) mass is 271 g/mol. The molecule has 5 heteroatoms. The molecule has 0 fully saturated rings. The molecular weight excluding hydrogens is 254 g/mol. The Labute approximate surface area is 117 Å². The Morgan fingerprint density at radius 1 is 1.15 bits per heavy atom. The van der Waals surface area contributed by atoms with Gasteiger partial charge in [-0.1, -0.05) is 0 Å². The summed E-state index contributed by atoms with van der Waals surface area (Å²) >= 11 is 0. The summed E-state index contributed by atoms with van der Waals surface area (Å²) in [6, 6.07) is 6.83. The minimum absolute atomic E-state index is 0.00169. The minimum atomic E-state index is -0.191. The SMILES string of the molecule is CC(=O)c1ccc(NC(=O)c2c(C)nn(C)c2C)cc1.